The fourth-order valence-corrected chi connectivity index (χ4v) is 3.23. The van der Waals surface area contributed by atoms with Gasteiger partial charge in [-0.25, -0.2) is 0 Å². The summed E-state index contributed by atoms with van der Waals surface area (Å²) >= 11 is 6.04. The number of nitrogens with zero attached hydrogens (tertiary/aromatic N) is 2. The predicted octanol–water partition coefficient (Wildman–Crippen LogP) is 2.22. The number of rotatable bonds is 3. The van der Waals surface area contributed by atoms with Crippen LogP contribution in [0.25, 0.3) is 0 Å². The van der Waals surface area contributed by atoms with Gasteiger partial charge in [0, 0.05) is 31.9 Å². The van der Waals surface area contributed by atoms with Crippen molar-refractivity contribution in [3.63, 3.8) is 0 Å². The molecule has 3 rings (SSSR count). The molecule has 0 spiro atoms. The molecule has 1 heterocycles. The standard InChI is InChI=1S/C19H21ClN4O3/c1-27-17-5-3-2-4-16(17)23-8-10-24(11-9-23)19(26)18(25)22-15-7-6-13(21)12-14(15)20/h2-7,12H,8-11,21H2,1H3,(H,22,25). The Labute approximate surface area is 162 Å². The molecule has 0 unspecified atom stereocenters. The number of hydrogen-bond donors (Lipinski definition) is 2. The summed E-state index contributed by atoms with van der Waals surface area (Å²) in [4.78, 5) is 28.4. The molecule has 1 fully saturated rings. The molecule has 2 aromatic carbocycles. The Morgan fingerprint density at radius 2 is 1.81 bits per heavy atom. The monoisotopic (exact) mass is 388 g/mol. The Hall–Kier alpha value is -2.93. The number of ether oxygens (including phenoxy) is 1. The molecule has 1 saturated heterocycles. The van der Waals surface area contributed by atoms with Crippen LogP contribution >= 0.6 is 11.6 Å². The van der Waals surface area contributed by atoms with E-state index in [-0.39, 0.29) is 5.02 Å². The first-order valence-electron chi connectivity index (χ1n) is 8.53. The van der Waals surface area contributed by atoms with E-state index in [1.54, 1.807) is 19.2 Å². The molecule has 1 aliphatic heterocycles. The average Bonchev–Trinajstić information content (AvgIpc) is 2.69. The van der Waals surface area contributed by atoms with Crippen LogP contribution in [0.5, 0.6) is 5.75 Å². The number of carbonyl (C=O) groups excluding carboxylic acids is 2. The first kappa shape index (κ1) is 18.8. The van der Waals surface area contributed by atoms with Gasteiger partial charge >= 0.3 is 11.8 Å². The van der Waals surface area contributed by atoms with Crippen LogP contribution in [0.15, 0.2) is 42.5 Å². The smallest absolute Gasteiger partial charge is 0.313 e. The fourth-order valence-electron chi connectivity index (χ4n) is 2.99. The number of halogens is 1. The van der Waals surface area contributed by atoms with Gasteiger partial charge in [0.05, 0.1) is 23.5 Å². The molecule has 0 saturated carbocycles. The van der Waals surface area contributed by atoms with Crippen LogP contribution in [-0.2, 0) is 9.59 Å². The Balaban J connectivity index is 1.60. The summed E-state index contributed by atoms with van der Waals surface area (Å²) in [6.07, 6.45) is 0. The molecule has 142 valence electrons. The molecular weight excluding hydrogens is 368 g/mol. The Bertz CT molecular complexity index is 851. The Kier molecular flexibility index (Phi) is 5.71. The van der Waals surface area contributed by atoms with E-state index in [9.17, 15) is 9.59 Å². The Morgan fingerprint density at radius 3 is 2.48 bits per heavy atom. The van der Waals surface area contributed by atoms with E-state index >= 15 is 0 Å². The number of nitrogen functional groups attached to an aromatic ring is 1. The fraction of sp³-hybridized carbons (Fsp3) is 0.263. The van der Waals surface area contributed by atoms with E-state index in [1.165, 1.54) is 11.0 Å². The SMILES string of the molecule is COc1ccccc1N1CCN(C(=O)C(=O)Nc2ccc(N)cc2Cl)CC1. The van der Waals surface area contributed by atoms with Crippen molar-refractivity contribution in [1.29, 1.82) is 0 Å². The molecule has 27 heavy (non-hydrogen) atoms. The van der Waals surface area contributed by atoms with Crippen LogP contribution in [0.1, 0.15) is 0 Å². The molecule has 0 aromatic heterocycles. The van der Waals surface area contributed by atoms with Crippen LogP contribution < -0.4 is 20.7 Å². The summed E-state index contributed by atoms with van der Waals surface area (Å²) in [7, 11) is 1.63. The van der Waals surface area contributed by atoms with E-state index in [1.807, 2.05) is 24.3 Å². The van der Waals surface area contributed by atoms with Crippen molar-refractivity contribution in [3.05, 3.63) is 47.5 Å². The average molecular weight is 389 g/mol. The number of amides is 2. The number of methoxy groups -OCH3 is 1. The number of benzene rings is 2. The van der Waals surface area contributed by atoms with E-state index in [4.69, 9.17) is 22.1 Å². The summed E-state index contributed by atoms with van der Waals surface area (Å²) in [6, 6.07) is 12.4. The van der Waals surface area contributed by atoms with Gasteiger partial charge in [0.25, 0.3) is 0 Å². The second kappa shape index (κ2) is 8.18. The highest BCUT2D eigenvalue weighted by atomic mass is 35.5. The lowest BCUT2D eigenvalue weighted by molar-refractivity contribution is -0.143. The minimum atomic E-state index is -0.715. The second-order valence-corrected chi connectivity index (χ2v) is 6.55. The van der Waals surface area contributed by atoms with Crippen molar-refractivity contribution in [2.45, 2.75) is 0 Å². The molecule has 0 aliphatic carbocycles. The van der Waals surface area contributed by atoms with Gasteiger partial charge in [0.15, 0.2) is 0 Å². The van der Waals surface area contributed by atoms with Gasteiger partial charge in [-0.3, -0.25) is 9.59 Å². The molecule has 1 aliphatic rings. The van der Waals surface area contributed by atoms with Crippen molar-refractivity contribution in [2.24, 2.45) is 0 Å². The van der Waals surface area contributed by atoms with Gasteiger partial charge in [-0.15, -0.1) is 0 Å². The second-order valence-electron chi connectivity index (χ2n) is 6.14. The zero-order valence-corrected chi connectivity index (χ0v) is 15.7. The lowest BCUT2D eigenvalue weighted by Gasteiger charge is -2.36. The van der Waals surface area contributed by atoms with Gasteiger partial charge < -0.3 is 25.6 Å². The van der Waals surface area contributed by atoms with Gasteiger partial charge in [0.1, 0.15) is 5.75 Å². The van der Waals surface area contributed by atoms with Crippen molar-refractivity contribution in [2.75, 3.05) is 49.2 Å². The molecule has 3 N–H and O–H groups in total. The minimum Gasteiger partial charge on any atom is -0.495 e. The van der Waals surface area contributed by atoms with Gasteiger partial charge in [-0.05, 0) is 30.3 Å². The van der Waals surface area contributed by atoms with Gasteiger partial charge in [-0.1, -0.05) is 23.7 Å². The minimum absolute atomic E-state index is 0.289. The van der Waals surface area contributed by atoms with Crippen LogP contribution in [-0.4, -0.2) is 50.0 Å². The largest absolute Gasteiger partial charge is 0.495 e. The lowest BCUT2D eigenvalue weighted by Crippen LogP contribution is -2.51. The summed E-state index contributed by atoms with van der Waals surface area (Å²) in [5, 5.41) is 2.83. The third-order valence-electron chi connectivity index (χ3n) is 4.43. The van der Waals surface area contributed by atoms with Crippen molar-refractivity contribution in [1.82, 2.24) is 4.90 Å². The van der Waals surface area contributed by atoms with E-state index in [0.29, 0.717) is 37.6 Å². The molecule has 8 heteroatoms. The zero-order chi connectivity index (χ0) is 19.4. The molecule has 0 bridgehead atoms. The highest BCUT2D eigenvalue weighted by molar-refractivity contribution is 6.41. The summed E-state index contributed by atoms with van der Waals surface area (Å²) in [5.74, 6) is -0.511. The summed E-state index contributed by atoms with van der Waals surface area (Å²) < 4.78 is 5.39. The molecule has 0 radical (unpaired) electrons. The molecule has 0 atom stereocenters. The highest BCUT2D eigenvalue weighted by Crippen LogP contribution is 2.28. The predicted molar refractivity (Wildman–Crippen MR) is 106 cm³/mol. The molecule has 2 amide bonds. The van der Waals surface area contributed by atoms with Crippen LogP contribution in [0, 0.1) is 0 Å². The van der Waals surface area contributed by atoms with Crippen molar-refractivity contribution < 1.29 is 14.3 Å². The van der Waals surface area contributed by atoms with E-state index < -0.39 is 11.8 Å². The van der Waals surface area contributed by atoms with E-state index in [2.05, 4.69) is 10.2 Å². The number of hydrogen-bond acceptors (Lipinski definition) is 5. The van der Waals surface area contributed by atoms with Crippen LogP contribution in [0.2, 0.25) is 5.02 Å². The molecule has 2 aromatic rings. The molecule has 7 nitrogen and oxygen atoms in total. The lowest BCUT2D eigenvalue weighted by atomic mass is 10.2. The zero-order valence-electron chi connectivity index (χ0n) is 14.9. The maximum Gasteiger partial charge on any atom is 0.313 e. The number of nitrogens with one attached hydrogen (secondary N) is 1. The number of para-hydroxylation sites is 2. The van der Waals surface area contributed by atoms with Gasteiger partial charge in [-0.2, -0.15) is 0 Å². The first-order valence-corrected chi connectivity index (χ1v) is 8.90. The van der Waals surface area contributed by atoms with Crippen LogP contribution in [0.4, 0.5) is 17.1 Å². The highest BCUT2D eigenvalue weighted by Gasteiger charge is 2.27. The third kappa shape index (κ3) is 4.25. The first-order chi connectivity index (χ1) is 13.0. The summed E-state index contributed by atoms with van der Waals surface area (Å²) in [5.41, 5.74) is 7.45. The topological polar surface area (TPSA) is 87.9 Å². The number of carbonyl (C=O) groups is 2. The van der Waals surface area contributed by atoms with Crippen LogP contribution in [0.3, 0.4) is 0 Å². The third-order valence-corrected chi connectivity index (χ3v) is 4.74. The maximum absolute atomic E-state index is 12.4. The number of nitrogens with two attached hydrogens (primary N) is 1. The number of anilines is 3. The number of piperazine rings is 1. The molecular formula is C19H21ClN4O3. The summed E-state index contributed by atoms with van der Waals surface area (Å²) in [6.45, 7) is 2.11. The quantitative estimate of drug-likeness (QED) is 0.621. The Morgan fingerprint density at radius 1 is 1.11 bits per heavy atom. The maximum atomic E-state index is 12.4. The normalized spacial score (nSPS) is 14.0. The van der Waals surface area contributed by atoms with Crippen molar-refractivity contribution >= 4 is 40.5 Å². The van der Waals surface area contributed by atoms with Crippen molar-refractivity contribution in [3.8, 4) is 5.75 Å². The van der Waals surface area contributed by atoms with E-state index in [0.717, 1.165) is 11.4 Å². The van der Waals surface area contributed by atoms with Gasteiger partial charge in [0.2, 0.25) is 0 Å².